The van der Waals surface area contributed by atoms with Crippen molar-refractivity contribution in [3.8, 4) is 0 Å². The van der Waals surface area contributed by atoms with E-state index < -0.39 is 12.0 Å². The van der Waals surface area contributed by atoms with Crippen molar-refractivity contribution >= 4 is 23.6 Å². The predicted molar refractivity (Wildman–Crippen MR) is 83.6 cm³/mol. The first-order valence-corrected chi connectivity index (χ1v) is 7.85. The first-order chi connectivity index (χ1) is 11.1. The van der Waals surface area contributed by atoms with Crippen LogP contribution in [-0.4, -0.2) is 51.0 Å². The van der Waals surface area contributed by atoms with E-state index in [1.165, 1.54) is 23.6 Å². The molecule has 1 atom stereocenters. The summed E-state index contributed by atoms with van der Waals surface area (Å²) in [7, 11) is 2.99. The zero-order valence-electron chi connectivity index (χ0n) is 12.8. The third kappa shape index (κ3) is 5.06. The Morgan fingerprint density at radius 3 is 2.70 bits per heavy atom. The smallest absolute Gasteiger partial charge is 0.328 e. The monoisotopic (exact) mass is 335 g/mol. The summed E-state index contributed by atoms with van der Waals surface area (Å²) in [5.74, 6) is -0.659. The number of ether oxygens (including phenoxy) is 1. The lowest BCUT2D eigenvalue weighted by molar-refractivity contribution is -0.144. The molecule has 23 heavy (non-hydrogen) atoms. The highest BCUT2D eigenvalue weighted by molar-refractivity contribution is 7.99. The highest BCUT2D eigenvalue weighted by Crippen LogP contribution is 2.12. The van der Waals surface area contributed by atoms with Gasteiger partial charge in [0, 0.05) is 13.5 Å². The second-order valence-corrected chi connectivity index (χ2v) is 5.65. The molecule has 9 heteroatoms. The lowest BCUT2D eigenvalue weighted by Crippen LogP contribution is -2.43. The van der Waals surface area contributed by atoms with Gasteiger partial charge in [-0.1, -0.05) is 42.1 Å². The van der Waals surface area contributed by atoms with Gasteiger partial charge in [-0.2, -0.15) is 0 Å². The second-order valence-electron chi connectivity index (χ2n) is 4.71. The standard InChI is InChI=1S/C14H17N5O3S/c1-19-14(16-17-18-19)23-9-12(20)15-11(13(21)22-2)8-10-6-4-3-5-7-10/h3-7,11H,8-9H2,1-2H3,(H,15,20). The van der Waals surface area contributed by atoms with Crippen molar-refractivity contribution in [3.05, 3.63) is 35.9 Å². The molecule has 0 saturated heterocycles. The summed E-state index contributed by atoms with van der Waals surface area (Å²) < 4.78 is 6.23. The number of rotatable bonds is 7. The Morgan fingerprint density at radius 1 is 1.35 bits per heavy atom. The van der Waals surface area contributed by atoms with Gasteiger partial charge in [-0.15, -0.1) is 5.10 Å². The number of carbonyl (C=O) groups excluding carboxylic acids is 2. The topological polar surface area (TPSA) is 99.0 Å². The number of carbonyl (C=O) groups is 2. The Hall–Kier alpha value is -2.42. The molecule has 0 aliphatic heterocycles. The molecule has 0 fully saturated rings. The van der Waals surface area contributed by atoms with Crippen LogP contribution in [0.2, 0.25) is 0 Å². The molecule has 1 heterocycles. The highest BCUT2D eigenvalue weighted by atomic mass is 32.2. The molecule has 1 aromatic heterocycles. The SMILES string of the molecule is COC(=O)C(Cc1ccccc1)NC(=O)CSc1nnnn1C. The summed E-state index contributed by atoms with van der Waals surface area (Å²) >= 11 is 1.19. The first-order valence-electron chi connectivity index (χ1n) is 6.86. The fourth-order valence-electron chi connectivity index (χ4n) is 1.89. The van der Waals surface area contributed by atoms with Crippen LogP contribution in [-0.2, 0) is 27.8 Å². The number of hydrogen-bond donors (Lipinski definition) is 1. The maximum atomic E-state index is 12.1. The van der Waals surface area contributed by atoms with Gasteiger partial charge in [0.15, 0.2) is 0 Å². The molecule has 1 aromatic carbocycles. The Morgan fingerprint density at radius 2 is 2.09 bits per heavy atom. The van der Waals surface area contributed by atoms with E-state index in [0.29, 0.717) is 11.6 Å². The van der Waals surface area contributed by atoms with Crippen LogP contribution >= 0.6 is 11.8 Å². The van der Waals surface area contributed by atoms with Crippen molar-refractivity contribution in [2.24, 2.45) is 7.05 Å². The number of tetrazole rings is 1. The third-order valence-corrected chi connectivity index (χ3v) is 4.03. The summed E-state index contributed by atoms with van der Waals surface area (Å²) in [4.78, 5) is 23.9. The van der Waals surface area contributed by atoms with Gasteiger partial charge in [0.1, 0.15) is 6.04 Å². The Balaban J connectivity index is 1.93. The molecule has 0 radical (unpaired) electrons. The van der Waals surface area contributed by atoms with Crippen LogP contribution in [0.5, 0.6) is 0 Å². The zero-order valence-corrected chi connectivity index (χ0v) is 13.6. The number of benzene rings is 1. The van der Waals surface area contributed by atoms with E-state index in [1.54, 1.807) is 7.05 Å². The van der Waals surface area contributed by atoms with Crippen LogP contribution in [0.3, 0.4) is 0 Å². The minimum absolute atomic E-state index is 0.108. The van der Waals surface area contributed by atoms with E-state index in [9.17, 15) is 9.59 Å². The van der Waals surface area contributed by atoms with E-state index in [2.05, 4.69) is 20.8 Å². The van der Waals surface area contributed by atoms with E-state index in [1.807, 2.05) is 30.3 Å². The first kappa shape index (κ1) is 16.9. The number of aryl methyl sites for hydroxylation is 1. The van der Waals surface area contributed by atoms with Crippen molar-refractivity contribution in [1.82, 2.24) is 25.5 Å². The summed E-state index contributed by atoms with van der Waals surface area (Å²) in [5, 5.41) is 14.2. The number of nitrogens with one attached hydrogen (secondary N) is 1. The number of hydrogen-bond acceptors (Lipinski definition) is 7. The Kier molecular flexibility index (Phi) is 6.10. The summed E-state index contributed by atoms with van der Waals surface area (Å²) in [6.07, 6.45) is 0.370. The van der Waals surface area contributed by atoms with E-state index in [0.717, 1.165) is 5.56 Å². The summed E-state index contributed by atoms with van der Waals surface area (Å²) in [6, 6.07) is 8.70. The minimum atomic E-state index is -0.729. The Bertz CT molecular complexity index is 661. The number of aromatic nitrogens is 4. The van der Waals surface area contributed by atoms with Crippen molar-refractivity contribution in [3.63, 3.8) is 0 Å². The maximum Gasteiger partial charge on any atom is 0.328 e. The fourth-order valence-corrected chi connectivity index (χ4v) is 2.56. The maximum absolute atomic E-state index is 12.1. The van der Waals surface area contributed by atoms with Gasteiger partial charge < -0.3 is 10.1 Å². The van der Waals surface area contributed by atoms with Gasteiger partial charge in [0.25, 0.3) is 0 Å². The highest BCUT2D eigenvalue weighted by Gasteiger charge is 2.22. The minimum Gasteiger partial charge on any atom is -0.467 e. The fraction of sp³-hybridized carbons (Fsp3) is 0.357. The van der Waals surface area contributed by atoms with Crippen molar-refractivity contribution in [2.45, 2.75) is 17.6 Å². The van der Waals surface area contributed by atoms with E-state index >= 15 is 0 Å². The lowest BCUT2D eigenvalue weighted by Gasteiger charge is -2.16. The zero-order chi connectivity index (χ0) is 16.7. The van der Waals surface area contributed by atoms with E-state index in [4.69, 9.17) is 4.74 Å². The van der Waals surface area contributed by atoms with Crippen molar-refractivity contribution in [1.29, 1.82) is 0 Å². The van der Waals surface area contributed by atoms with Crippen molar-refractivity contribution < 1.29 is 14.3 Å². The predicted octanol–water partition coefficient (Wildman–Crippen LogP) is 0.203. The molecule has 1 unspecified atom stereocenters. The molecule has 8 nitrogen and oxygen atoms in total. The number of thioether (sulfide) groups is 1. The molecule has 1 amide bonds. The van der Waals surface area contributed by atoms with Crippen LogP contribution in [0.1, 0.15) is 5.56 Å². The van der Waals surface area contributed by atoms with Gasteiger partial charge in [-0.3, -0.25) is 4.79 Å². The molecule has 2 rings (SSSR count). The van der Waals surface area contributed by atoms with Gasteiger partial charge in [0.05, 0.1) is 12.9 Å². The normalized spacial score (nSPS) is 11.7. The van der Waals surface area contributed by atoms with Gasteiger partial charge in [0.2, 0.25) is 11.1 Å². The molecule has 122 valence electrons. The van der Waals surface area contributed by atoms with Crippen LogP contribution in [0, 0.1) is 0 Å². The molecular weight excluding hydrogens is 318 g/mol. The van der Waals surface area contributed by atoms with Crippen LogP contribution in [0.4, 0.5) is 0 Å². The largest absolute Gasteiger partial charge is 0.467 e. The van der Waals surface area contributed by atoms with E-state index in [-0.39, 0.29) is 11.7 Å². The van der Waals surface area contributed by atoms with Crippen molar-refractivity contribution in [2.75, 3.05) is 12.9 Å². The number of nitrogens with zero attached hydrogens (tertiary/aromatic N) is 4. The molecule has 0 bridgehead atoms. The van der Waals surface area contributed by atoms with Gasteiger partial charge >= 0.3 is 5.97 Å². The average molecular weight is 335 g/mol. The second kappa shape index (κ2) is 8.28. The Labute approximate surface area is 137 Å². The molecule has 2 aromatic rings. The number of methoxy groups -OCH3 is 1. The summed E-state index contributed by atoms with van der Waals surface area (Å²) in [5.41, 5.74) is 0.938. The molecular formula is C14H17N5O3S. The average Bonchev–Trinajstić information content (AvgIpc) is 2.97. The summed E-state index contributed by atoms with van der Waals surface area (Å²) in [6.45, 7) is 0. The molecule has 0 aliphatic carbocycles. The quantitative estimate of drug-likeness (QED) is 0.570. The lowest BCUT2D eigenvalue weighted by atomic mass is 10.1. The molecule has 0 aliphatic rings. The molecule has 1 N–H and O–H groups in total. The number of esters is 1. The molecule has 0 spiro atoms. The third-order valence-electron chi connectivity index (χ3n) is 3.02. The van der Waals surface area contributed by atoms with Gasteiger partial charge in [-0.05, 0) is 16.0 Å². The van der Waals surface area contributed by atoms with Crippen LogP contribution in [0.15, 0.2) is 35.5 Å². The van der Waals surface area contributed by atoms with Crippen LogP contribution < -0.4 is 5.32 Å². The number of amides is 1. The van der Waals surface area contributed by atoms with Crippen LogP contribution in [0.25, 0.3) is 0 Å². The van der Waals surface area contributed by atoms with Gasteiger partial charge in [-0.25, -0.2) is 9.48 Å². The molecule has 0 saturated carbocycles.